The van der Waals surface area contributed by atoms with E-state index >= 15 is 0 Å². The molecule has 2 aromatic rings. The van der Waals surface area contributed by atoms with Crippen LogP contribution < -0.4 is 5.32 Å². The summed E-state index contributed by atoms with van der Waals surface area (Å²) in [5.41, 5.74) is 2.17. The summed E-state index contributed by atoms with van der Waals surface area (Å²) in [5, 5.41) is 3.55. The molecule has 1 aromatic heterocycles. The Morgan fingerprint density at radius 2 is 1.96 bits per heavy atom. The maximum absolute atomic E-state index is 12.9. The third-order valence-electron chi connectivity index (χ3n) is 4.04. The first-order valence-electron chi connectivity index (χ1n) is 8.00. The lowest BCUT2D eigenvalue weighted by Gasteiger charge is -2.32. The van der Waals surface area contributed by atoms with Gasteiger partial charge in [-0.25, -0.2) is 4.39 Å². The van der Waals surface area contributed by atoms with E-state index in [1.807, 2.05) is 18.2 Å². The predicted molar refractivity (Wildman–Crippen MR) is 89.4 cm³/mol. The van der Waals surface area contributed by atoms with Crippen LogP contribution >= 0.6 is 0 Å². The molecule has 3 nitrogen and oxygen atoms in total. The molecule has 0 unspecified atom stereocenters. The summed E-state index contributed by atoms with van der Waals surface area (Å²) in [4.78, 5) is 4.07. The van der Waals surface area contributed by atoms with Crippen molar-refractivity contribution in [3.63, 3.8) is 0 Å². The number of aromatic nitrogens is 1. The first-order chi connectivity index (χ1) is 11.3. The predicted octanol–water partition coefficient (Wildman–Crippen LogP) is 3.74. The number of halogens is 1. The van der Waals surface area contributed by atoms with E-state index in [9.17, 15) is 4.39 Å². The number of benzene rings is 1. The number of pyridine rings is 1. The van der Waals surface area contributed by atoms with Crippen molar-refractivity contribution in [1.82, 2.24) is 10.3 Å². The molecule has 4 heteroatoms. The van der Waals surface area contributed by atoms with E-state index in [1.54, 1.807) is 24.5 Å². The van der Waals surface area contributed by atoms with Crippen LogP contribution in [-0.4, -0.2) is 24.2 Å². The molecule has 1 saturated heterocycles. The smallest absolute Gasteiger partial charge is 0.123 e. The topological polar surface area (TPSA) is 34.1 Å². The van der Waals surface area contributed by atoms with Gasteiger partial charge in [0.05, 0.1) is 6.10 Å². The summed E-state index contributed by atoms with van der Waals surface area (Å²) < 4.78 is 18.8. The zero-order valence-electron chi connectivity index (χ0n) is 13.0. The molecular weight excluding hydrogens is 291 g/mol. The Hall–Kier alpha value is -2.04. The normalized spacial score (nSPS) is 21.6. The van der Waals surface area contributed by atoms with Crippen LogP contribution in [0.25, 0.3) is 6.08 Å². The fraction of sp³-hybridized carbons (Fsp3) is 0.316. The van der Waals surface area contributed by atoms with Crippen molar-refractivity contribution in [1.29, 1.82) is 0 Å². The van der Waals surface area contributed by atoms with E-state index in [0.717, 1.165) is 31.6 Å². The van der Waals surface area contributed by atoms with E-state index in [-0.39, 0.29) is 11.9 Å². The summed E-state index contributed by atoms with van der Waals surface area (Å²) >= 11 is 0. The first-order valence-corrected chi connectivity index (χ1v) is 8.00. The Bertz CT molecular complexity index is 628. The zero-order chi connectivity index (χ0) is 15.9. The van der Waals surface area contributed by atoms with Gasteiger partial charge >= 0.3 is 0 Å². The van der Waals surface area contributed by atoms with Gasteiger partial charge in [-0.05, 0) is 48.2 Å². The zero-order valence-corrected chi connectivity index (χ0v) is 13.0. The Labute approximate surface area is 136 Å². The third kappa shape index (κ3) is 4.47. The Morgan fingerprint density at radius 1 is 1.17 bits per heavy atom. The van der Waals surface area contributed by atoms with Gasteiger partial charge in [-0.1, -0.05) is 24.3 Å². The molecule has 0 radical (unpaired) electrons. The molecule has 120 valence electrons. The van der Waals surface area contributed by atoms with Gasteiger partial charge in [0.25, 0.3) is 0 Å². The van der Waals surface area contributed by atoms with Crippen molar-refractivity contribution in [2.45, 2.75) is 25.0 Å². The van der Waals surface area contributed by atoms with Crippen molar-refractivity contribution in [2.24, 2.45) is 0 Å². The van der Waals surface area contributed by atoms with Gasteiger partial charge in [0.2, 0.25) is 0 Å². The van der Waals surface area contributed by atoms with Crippen LogP contribution in [0.5, 0.6) is 0 Å². The van der Waals surface area contributed by atoms with Crippen molar-refractivity contribution in [3.8, 4) is 0 Å². The van der Waals surface area contributed by atoms with Crippen LogP contribution in [0.2, 0.25) is 0 Å². The summed E-state index contributed by atoms with van der Waals surface area (Å²) in [5.74, 6) is -0.208. The number of rotatable bonds is 5. The maximum Gasteiger partial charge on any atom is 0.123 e. The van der Waals surface area contributed by atoms with Gasteiger partial charge < -0.3 is 10.1 Å². The standard InChI is InChI=1S/C19H21FN2O/c20-17-7-5-15(6-8-17)3-1-11-22-18-4-2-14-23-19(18)16-9-12-21-13-10-16/h1,3,5-10,12-13,18-19,22H,2,4,11,14H2/b3-1+/t18-,19+/m0/s1. The molecule has 2 atom stereocenters. The monoisotopic (exact) mass is 312 g/mol. The first kappa shape index (κ1) is 15.8. The number of nitrogens with zero attached hydrogens (tertiary/aromatic N) is 1. The van der Waals surface area contributed by atoms with Crippen LogP contribution in [-0.2, 0) is 4.74 Å². The number of nitrogens with one attached hydrogen (secondary N) is 1. The van der Waals surface area contributed by atoms with E-state index in [2.05, 4.69) is 16.4 Å². The lowest BCUT2D eigenvalue weighted by molar-refractivity contribution is -0.00970. The molecule has 1 fully saturated rings. The number of hydrogen-bond acceptors (Lipinski definition) is 3. The van der Waals surface area contributed by atoms with E-state index in [1.165, 1.54) is 17.7 Å². The second-order valence-corrected chi connectivity index (χ2v) is 5.68. The molecule has 3 rings (SSSR count). The molecule has 2 heterocycles. The Kier molecular flexibility index (Phi) is 5.51. The highest BCUT2D eigenvalue weighted by atomic mass is 19.1. The highest BCUT2D eigenvalue weighted by Crippen LogP contribution is 2.27. The highest BCUT2D eigenvalue weighted by molar-refractivity contribution is 5.48. The minimum atomic E-state index is -0.208. The molecule has 1 aliphatic rings. The van der Waals surface area contributed by atoms with Gasteiger partial charge in [-0.15, -0.1) is 0 Å². The van der Waals surface area contributed by atoms with Crippen LogP contribution in [0.4, 0.5) is 4.39 Å². The van der Waals surface area contributed by atoms with Crippen molar-refractivity contribution in [3.05, 3.63) is 71.8 Å². The summed E-state index contributed by atoms with van der Waals surface area (Å²) in [6.45, 7) is 1.56. The SMILES string of the molecule is Fc1ccc(/C=C/CN[C@H]2CCCO[C@@H]2c2ccncc2)cc1. The largest absolute Gasteiger partial charge is 0.372 e. The highest BCUT2D eigenvalue weighted by Gasteiger charge is 2.26. The van der Waals surface area contributed by atoms with Crippen molar-refractivity contribution < 1.29 is 9.13 Å². The average molecular weight is 312 g/mol. The fourth-order valence-corrected chi connectivity index (χ4v) is 2.86. The fourth-order valence-electron chi connectivity index (χ4n) is 2.86. The summed E-state index contributed by atoms with van der Waals surface area (Å²) in [7, 11) is 0. The lowest BCUT2D eigenvalue weighted by Crippen LogP contribution is -2.39. The molecule has 23 heavy (non-hydrogen) atoms. The van der Waals surface area contributed by atoms with Gasteiger partial charge in [0.1, 0.15) is 5.82 Å². The average Bonchev–Trinajstić information content (AvgIpc) is 2.61. The molecule has 1 aromatic carbocycles. The van der Waals surface area contributed by atoms with Crippen LogP contribution in [0.1, 0.15) is 30.1 Å². The van der Waals surface area contributed by atoms with E-state index in [0.29, 0.717) is 6.04 Å². The Morgan fingerprint density at radius 3 is 2.74 bits per heavy atom. The van der Waals surface area contributed by atoms with Crippen LogP contribution in [0.3, 0.4) is 0 Å². The second kappa shape index (κ2) is 7.99. The molecule has 0 saturated carbocycles. The number of ether oxygens (including phenoxy) is 1. The molecule has 1 N–H and O–H groups in total. The van der Waals surface area contributed by atoms with Gasteiger partial charge in [0.15, 0.2) is 0 Å². The van der Waals surface area contributed by atoms with Gasteiger partial charge in [0, 0.05) is 31.6 Å². The minimum absolute atomic E-state index is 0.0750. The maximum atomic E-state index is 12.9. The van der Waals surface area contributed by atoms with Crippen LogP contribution in [0.15, 0.2) is 54.9 Å². The van der Waals surface area contributed by atoms with Gasteiger partial charge in [-0.2, -0.15) is 0 Å². The van der Waals surface area contributed by atoms with E-state index < -0.39 is 0 Å². The third-order valence-corrected chi connectivity index (χ3v) is 4.04. The molecule has 0 aliphatic carbocycles. The molecule has 0 spiro atoms. The molecular formula is C19H21FN2O. The Balaban J connectivity index is 1.56. The van der Waals surface area contributed by atoms with Crippen LogP contribution in [0, 0.1) is 5.82 Å². The molecule has 0 amide bonds. The lowest BCUT2D eigenvalue weighted by atomic mass is 9.96. The quantitative estimate of drug-likeness (QED) is 0.913. The summed E-state index contributed by atoms with van der Waals surface area (Å²) in [6, 6.07) is 10.8. The number of hydrogen-bond donors (Lipinski definition) is 1. The van der Waals surface area contributed by atoms with Crippen molar-refractivity contribution >= 4 is 6.08 Å². The minimum Gasteiger partial charge on any atom is -0.372 e. The van der Waals surface area contributed by atoms with Gasteiger partial charge in [-0.3, -0.25) is 4.98 Å². The van der Waals surface area contributed by atoms with Crippen molar-refractivity contribution in [2.75, 3.05) is 13.2 Å². The second-order valence-electron chi connectivity index (χ2n) is 5.68. The molecule has 1 aliphatic heterocycles. The molecule has 0 bridgehead atoms. The van der Waals surface area contributed by atoms with E-state index in [4.69, 9.17) is 4.74 Å². The summed E-state index contributed by atoms with van der Waals surface area (Å²) in [6.07, 6.45) is 9.91.